The Bertz CT molecular complexity index is 684. The first-order valence-corrected chi connectivity index (χ1v) is 6.51. The molecule has 0 saturated heterocycles. The Morgan fingerprint density at radius 3 is 2.58 bits per heavy atom. The highest BCUT2D eigenvalue weighted by Crippen LogP contribution is 2.21. The van der Waals surface area contributed by atoms with Crippen LogP contribution in [0.1, 0.15) is 29.9 Å². The van der Waals surface area contributed by atoms with E-state index in [9.17, 15) is 0 Å². The number of nitrogens with two attached hydrogens (primary N) is 1. The van der Waals surface area contributed by atoms with Gasteiger partial charge in [-0.1, -0.05) is 36.4 Å². The highest BCUT2D eigenvalue weighted by Gasteiger charge is 2.15. The van der Waals surface area contributed by atoms with E-state index in [4.69, 9.17) is 10.7 Å². The second-order valence-electron chi connectivity index (χ2n) is 4.82. The largest absolute Gasteiger partial charge is 0.323 e. The smallest absolute Gasteiger partial charge is 0.137 e. The Hall–Kier alpha value is -2.13. The lowest BCUT2D eigenvalue weighted by atomic mass is 10.1. The average molecular weight is 251 g/mol. The van der Waals surface area contributed by atoms with Crippen molar-refractivity contribution in [2.24, 2.45) is 5.73 Å². The molecule has 2 heterocycles. The van der Waals surface area contributed by atoms with Gasteiger partial charge in [-0.25, -0.2) is 4.98 Å². The molecule has 0 bridgehead atoms. The van der Waals surface area contributed by atoms with E-state index in [1.54, 1.807) is 0 Å². The topological polar surface area (TPSA) is 43.3 Å². The standard InChI is InChI=1S/C16H17N3/c1-12(17)16-14(11-13-7-3-2-4-8-13)18-15-9-5-6-10-19(15)16/h2-10,12H,11,17H2,1H3. The van der Waals surface area contributed by atoms with Crippen molar-refractivity contribution in [2.75, 3.05) is 0 Å². The van der Waals surface area contributed by atoms with E-state index in [2.05, 4.69) is 28.7 Å². The van der Waals surface area contributed by atoms with Crippen LogP contribution in [0.2, 0.25) is 0 Å². The van der Waals surface area contributed by atoms with Crippen LogP contribution in [0.25, 0.3) is 5.65 Å². The third kappa shape index (κ3) is 2.25. The summed E-state index contributed by atoms with van der Waals surface area (Å²) in [5.41, 5.74) is 10.5. The first-order chi connectivity index (χ1) is 9.25. The van der Waals surface area contributed by atoms with Crippen molar-refractivity contribution < 1.29 is 0 Å². The maximum absolute atomic E-state index is 6.12. The fourth-order valence-electron chi connectivity index (χ4n) is 2.46. The molecule has 0 saturated carbocycles. The van der Waals surface area contributed by atoms with Gasteiger partial charge in [0.05, 0.1) is 11.4 Å². The van der Waals surface area contributed by atoms with Crippen LogP contribution in [0.3, 0.4) is 0 Å². The van der Waals surface area contributed by atoms with Gasteiger partial charge in [-0.05, 0) is 24.6 Å². The average Bonchev–Trinajstić information content (AvgIpc) is 2.77. The third-order valence-electron chi connectivity index (χ3n) is 3.29. The summed E-state index contributed by atoms with van der Waals surface area (Å²) in [7, 11) is 0. The summed E-state index contributed by atoms with van der Waals surface area (Å²) in [6.07, 6.45) is 2.84. The van der Waals surface area contributed by atoms with Crippen molar-refractivity contribution in [1.29, 1.82) is 0 Å². The van der Waals surface area contributed by atoms with Crippen molar-refractivity contribution in [3.05, 3.63) is 71.7 Å². The minimum absolute atomic E-state index is 0.0314. The monoisotopic (exact) mass is 251 g/mol. The van der Waals surface area contributed by atoms with Crippen LogP contribution in [0.15, 0.2) is 54.7 Å². The fourth-order valence-corrected chi connectivity index (χ4v) is 2.46. The summed E-state index contributed by atoms with van der Waals surface area (Å²) in [6.45, 7) is 2.00. The van der Waals surface area contributed by atoms with Gasteiger partial charge in [0.1, 0.15) is 5.65 Å². The van der Waals surface area contributed by atoms with E-state index in [0.717, 1.165) is 23.5 Å². The maximum atomic E-state index is 6.12. The maximum Gasteiger partial charge on any atom is 0.137 e. The molecule has 3 rings (SSSR count). The number of pyridine rings is 1. The fraction of sp³-hybridized carbons (Fsp3) is 0.188. The Morgan fingerprint density at radius 2 is 1.84 bits per heavy atom. The molecule has 96 valence electrons. The molecule has 2 aromatic heterocycles. The molecule has 0 fully saturated rings. The van der Waals surface area contributed by atoms with Crippen molar-refractivity contribution in [2.45, 2.75) is 19.4 Å². The highest BCUT2D eigenvalue weighted by molar-refractivity contribution is 5.45. The van der Waals surface area contributed by atoms with Gasteiger partial charge < -0.3 is 10.1 Å². The van der Waals surface area contributed by atoms with Crippen LogP contribution in [-0.4, -0.2) is 9.38 Å². The van der Waals surface area contributed by atoms with Crippen LogP contribution in [0, 0.1) is 0 Å². The molecule has 0 aliphatic carbocycles. The molecule has 3 aromatic rings. The predicted octanol–water partition coefficient (Wildman–Crippen LogP) is 2.94. The lowest BCUT2D eigenvalue weighted by molar-refractivity contribution is 0.755. The minimum atomic E-state index is -0.0314. The van der Waals surface area contributed by atoms with Crippen molar-refractivity contribution in [3.8, 4) is 0 Å². The molecule has 2 N–H and O–H groups in total. The van der Waals surface area contributed by atoms with Crippen LogP contribution >= 0.6 is 0 Å². The van der Waals surface area contributed by atoms with Crippen LogP contribution in [0.4, 0.5) is 0 Å². The van der Waals surface area contributed by atoms with Crippen molar-refractivity contribution in [1.82, 2.24) is 9.38 Å². The Morgan fingerprint density at radius 1 is 1.11 bits per heavy atom. The number of fused-ring (bicyclic) bond motifs is 1. The molecule has 19 heavy (non-hydrogen) atoms. The second kappa shape index (κ2) is 4.86. The van der Waals surface area contributed by atoms with Gasteiger partial charge in [0.15, 0.2) is 0 Å². The molecule has 0 amide bonds. The molecule has 0 radical (unpaired) electrons. The van der Waals surface area contributed by atoms with Gasteiger partial charge in [-0.3, -0.25) is 0 Å². The third-order valence-corrected chi connectivity index (χ3v) is 3.29. The number of aromatic nitrogens is 2. The van der Waals surface area contributed by atoms with Crippen LogP contribution < -0.4 is 5.73 Å². The number of hydrogen-bond donors (Lipinski definition) is 1. The first kappa shape index (κ1) is 11.9. The van der Waals surface area contributed by atoms with Crippen molar-refractivity contribution in [3.63, 3.8) is 0 Å². The van der Waals surface area contributed by atoms with Gasteiger partial charge in [-0.2, -0.15) is 0 Å². The van der Waals surface area contributed by atoms with E-state index in [1.165, 1.54) is 5.56 Å². The number of hydrogen-bond acceptors (Lipinski definition) is 2. The van der Waals surface area contributed by atoms with E-state index in [0.29, 0.717) is 0 Å². The molecule has 3 nitrogen and oxygen atoms in total. The number of benzene rings is 1. The van der Waals surface area contributed by atoms with Crippen LogP contribution in [0.5, 0.6) is 0 Å². The zero-order valence-corrected chi connectivity index (χ0v) is 11.0. The minimum Gasteiger partial charge on any atom is -0.323 e. The normalized spacial score (nSPS) is 12.7. The van der Waals surface area contributed by atoms with Crippen molar-refractivity contribution >= 4 is 5.65 Å². The molecule has 0 aliphatic heterocycles. The Kier molecular flexibility index (Phi) is 3.05. The van der Waals surface area contributed by atoms with Gasteiger partial charge in [0.2, 0.25) is 0 Å². The molecule has 0 aliphatic rings. The molecular formula is C16H17N3. The number of imidazole rings is 1. The summed E-state index contributed by atoms with van der Waals surface area (Å²) < 4.78 is 2.09. The zero-order chi connectivity index (χ0) is 13.2. The Labute approximate surface area is 112 Å². The number of rotatable bonds is 3. The molecule has 3 heteroatoms. The summed E-state index contributed by atoms with van der Waals surface area (Å²) in [4.78, 5) is 4.71. The van der Waals surface area contributed by atoms with E-state index in [1.807, 2.05) is 37.4 Å². The van der Waals surface area contributed by atoms with E-state index >= 15 is 0 Å². The van der Waals surface area contributed by atoms with Gasteiger partial charge in [0.25, 0.3) is 0 Å². The Balaban J connectivity index is 2.10. The van der Waals surface area contributed by atoms with Gasteiger partial charge in [-0.15, -0.1) is 0 Å². The van der Waals surface area contributed by atoms with Gasteiger partial charge in [0, 0.05) is 18.7 Å². The number of nitrogens with zero attached hydrogens (tertiary/aromatic N) is 2. The van der Waals surface area contributed by atoms with E-state index in [-0.39, 0.29) is 6.04 Å². The lowest BCUT2D eigenvalue weighted by Crippen LogP contribution is -2.11. The molecule has 0 spiro atoms. The van der Waals surface area contributed by atoms with E-state index < -0.39 is 0 Å². The predicted molar refractivity (Wildman–Crippen MR) is 77.0 cm³/mol. The summed E-state index contributed by atoms with van der Waals surface area (Å²) >= 11 is 0. The quantitative estimate of drug-likeness (QED) is 0.777. The van der Waals surface area contributed by atoms with Crippen LogP contribution in [-0.2, 0) is 6.42 Å². The van der Waals surface area contributed by atoms with Gasteiger partial charge >= 0.3 is 0 Å². The second-order valence-corrected chi connectivity index (χ2v) is 4.82. The highest BCUT2D eigenvalue weighted by atomic mass is 15.0. The summed E-state index contributed by atoms with van der Waals surface area (Å²) in [6, 6.07) is 16.4. The summed E-state index contributed by atoms with van der Waals surface area (Å²) in [5.74, 6) is 0. The molecular weight excluding hydrogens is 234 g/mol. The molecule has 1 atom stereocenters. The summed E-state index contributed by atoms with van der Waals surface area (Å²) in [5, 5.41) is 0. The molecule has 1 unspecified atom stereocenters. The molecule has 1 aromatic carbocycles. The SMILES string of the molecule is CC(N)c1c(Cc2ccccc2)nc2ccccn12. The first-order valence-electron chi connectivity index (χ1n) is 6.51. The lowest BCUT2D eigenvalue weighted by Gasteiger charge is -2.08. The zero-order valence-electron chi connectivity index (χ0n) is 11.0.